The van der Waals surface area contributed by atoms with Crippen LogP contribution in [0.4, 0.5) is 5.69 Å². The van der Waals surface area contributed by atoms with Gasteiger partial charge in [0.1, 0.15) is 5.75 Å². The highest BCUT2D eigenvalue weighted by molar-refractivity contribution is 9.10. The third-order valence-electron chi connectivity index (χ3n) is 3.15. The van der Waals surface area contributed by atoms with Crippen molar-refractivity contribution in [1.29, 1.82) is 0 Å². The van der Waals surface area contributed by atoms with E-state index in [0.29, 0.717) is 5.56 Å². The van der Waals surface area contributed by atoms with Crippen molar-refractivity contribution in [3.8, 4) is 5.75 Å². The van der Waals surface area contributed by atoms with E-state index in [1.54, 1.807) is 25.1 Å². The van der Waals surface area contributed by atoms with Crippen LogP contribution in [0.25, 0.3) is 0 Å². The molecule has 0 atom stereocenters. The summed E-state index contributed by atoms with van der Waals surface area (Å²) in [6.45, 7) is 5.69. The SMILES string of the molecule is Cc1cc(C)c(NC(=O)c2cccc(C)c2O)c(Br)c1. The van der Waals surface area contributed by atoms with Crippen LogP contribution in [0.2, 0.25) is 0 Å². The predicted octanol–water partition coefficient (Wildman–Crippen LogP) is 4.33. The Hall–Kier alpha value is -1.81. The third kappa shape index (κ3) is 2.85. The summed E-state index contributed by atoms with van der Waals surface area (Å²) in [5.41, 5.74) is 3.76. The molecule has 0 aromatic heterocycles. The number of carbonyl (C=O) groups is 1. The number of phenolic OH excluding ortho intramolecular Hbond substituents is 1. The Bertz CT molecular complexity index is 657. The lowest BCUT2D eigenvalue weighted by molar-refractivity contribution is 0.102. The number of rotatable bonds is 2. The summed E-state index contributed by atoms with van der Waals surface area (Å²) in [7, 11) is 0. The quantitative estimate of drug-likeness (QED) is 0.859. The van der Waals surface area contributed by atoms with Crippen molar-refractivity contribution in [2.24, 2.45) is 0 Å². The molecular weight excluding hydrogens is 318 g/mol. The van der Waals surface area contributed by atoms with Crippen molar-refractivity contribution in [2.45, 2.75) is 20.8 Å². The standard InChI is InChI=1S/C16H16BrNO2/c1-9-7-11(3)14(13(17)8-9)18-16(20)12-6-4-5-10(2)15(12)19/h4-8,19H,1-3H3,(H,18,20). The lowest BCUT2D eigenvalue weighted by Gasteiger charge is -2.13. The van der Waals surface area contributed by atoms with E-state index < -0.39 is 0 Å². The fraction of sp³-hybridized carbons (Fsp3) is 0.188. The Morgan fingerprint density at radius 3 is 2.50 bits per heavy atom. The number of phenols is 1. The van der Waals surface area contributed by atoms with Crippen LogP contribution in [-0.2, 0) is 0 Å². The first kappa shape index (κ1) is 14.6. The molecule has 0 bridgehead atoms. The van der Waals surface area contributed by atoms with Crippen molar-refractivity contribution in [2.75, 3.05) is 5.32 Å². The minimum atomic E-state index is -0.321. The number of hydrogen-bond acceptors (Lipinski definition) is 2. The molecule has 104 valence electrons. The van der Waals surface area contributed by atoms with Gasteiger partial charge in [-0.15, -0.1) is 0 Å². The van der Waals surface area contributed by atoms with Gasteiger partial charge in [0.05, 0.1) is 11.3 Å². The topological polar surface area (TPSA) is 49.3 Å². The molecule has 0 unspecified atom stereocenters. The fourth-order valence-corrected chi connectivity index (χ4v) is 2.87. The molecule has 0 saturated carbocycles. The maximum Gasteiger partial charge on any atom is 0.259 e. The Labute approximate surface area is 126 Å². The highest BCUT2D eigenvalue weighted by Gasteiger charge is 2.15. The average molecular weight is 334 g/mol. The summed E-state index contributed by atoms with van der Waals surface area (Å²) in [4.78, 5) is 12.3. The zero-order chi connectivity index (χ0) is 14.9. The predicted molar refractivity (Wildman–Crippen MR) is 84.4 cm³/mol. The lowest BCUT2D eigenvalue weighted by Crippen LogP contribution is -2.13. The first-order chi connectivity index (χ1) is 9.40. The molecule has 3 nitrogen and oxygen atoms in total. The van der Waals surface area contributed by atoms with Crippen molar-refractivity contribution in [3.63, 3.8) is 0 Å². The van der Waals surface area contributed by atoms with Gasteiger partial charge in [-0.2, -0.15) is 0 Å². The number of nitrogens with one attached hydrogen (secondary N) is 1. The Morgan fingerprint density at radius 1 is 1.15 bits per heavy atom. The van der Waals surface area contributed by atoms with Crippen molar-refractivity contribution >= 4 is 27.5 Å². The molecule has 0 aliphatic rings. The number of aryl methyl sites for hydroxylation is 3. The van der Waals surface area contributed by atoms with Crippen LogP contribution >= 0.6 is 15.9 Å². The molecule has 0 saturated heterocycles. The van der Waals surface area contributed by atoms with Gasteiger partial charge < -0.3 is 10.4 Å². The van der Waals surface area contributed by atoms with E-state index in [1.165, 1.54) is 0 Å². The van der Waals surface area contributed by atoms with Gasteiger partial charge in [-0.1, -0.05) is 18.2 Å². The van der Waals surface area contributed by atoms with Crippen LogP contribution in [0.1, 0.15) is 27.0 Å². The number of benzene rings is 2. The first-order valence-corrected chi connectivity index (χ1v) is 7.06. The molecule has 2 N–H and O–H groups in total. The number of carbonyl (C=O) groups excluding carboxylic acids is 1. The van der Waals surface area contributed by atoms with E-state index >= 15 is 0 Å². The maximum absolute atomic E-state index is 12.3. The molecular formula is C16H16BrNO2. The second-order valence-electron chi connectivity index (χ2n) is 4.86. The van der Waals surface area contributed by atoms with E-state index in [4.69, 9.17) is 0 Å². The fourth-order valence-electron chi connectivity index (χ4n) is 2.10. The molecule has 0 fully saturated rings. The van der Waals surface area contributed by atoms with E-state index in [-0.39, 0.29) is 17.2 Å². The van der Waals surface area contributed by atoms with Crippen LogP contribution in [0, 0.1) is 20.8 Å². The monoisotopic (exact) mass is 333 g/mol. The molecule has 0 aliphatic heterocycles. The largest absolute Gasteiger partial charge is 0.507 e. The van der Waals surface area contributed by atoms with Crippen LogP contribution in [-0.4, -0.2) is 11.0 Å². The molecule has 2 rings (SSSR count). The summed E-state index contributed by atoms with van der Waals surface area (Å²) in [5.74, 6) is -0.301. The van der Waals surface area contributed by atoms with Crippen LogP contribution < -0.4 is 5.32 Å². The lowest BCUT2D eigenvalue weighted by atomic mass is 10.1. The molecule has 2 aromatic rings. The normalized spacial score (nSPS) is 10.4. The Morgan fingerprint density at radius 2 is 1.85 bits per heavy atom. The van der Waals surface area contributed by atoms with E-state index in [2.05, 4.69) is 21.2 Å². The smallest absolute Gasteiger partial charge is 0.259 e. The summed E-state index contributed by atoms with van der Waals surface area (Å²) in [5, 5.41) is 12.8. The molecule has 1 amide bonds. The van der Waals surface area contributed by atoms with Crippen molar-refractivity contribution < 1.29 is 9.90 Å². The maximum atomic E-state index is 12.3. The highest BCUT2D eigenvalue weighted by Crippen LogP contribution is 2.29. The Kier molecular flexibility index (Phi) is 4.14. The van der Waals surface area contributed by atoms with Crippen LogP contribution in [0.5, 0.6) is 5.75 Å². The second kappa shape index (κ2) is 5.67. The number of para-hydroxylation sites is 1. The number of anilines is 1. The zero-order valence-corrected chi connectivity index (χ0v) is 13.2. The highest BCUT2D eigenvalue weighted by atomic mass is 79.9. The van der Waals surface area contributed by atoms with Crippen LogP contribution in [0.15, 0.2) is 34.8 Å². The van der Waals surface area contributed by atoms with Crippen molar-refractivity contribution in [1.82, 2.24) is 0 Å². The summed E-state index contributed by atoms with van der Waals surface area (Å²) < 4.78 is 0.829. The Balaban J connectivity index is 2.36. The van der Waals surface area contributed by atoms with Gasteiger partial charge in [0.15, 0.2) is 0 Å². The second-order valence-corrected chi connectivity index (χ2v) is 5.72. The van der Waals surface area contributed by atoms with Gasteiger partial charge in [-0.25, -0.2) is 0 Å². The van der Waals surface area contributed by atoms with Gasteiger partial charge in [-0.3, -0.25) is 4.79 Å². The molecule has 20 heavy (non-hydrogen) atoms. The molecule has 0 radical (unpaired) electrons. The van der Waals surface area contributed by atoms with Gasteiger partial charge in [0.25, 0.3) is 5.91 Å². The van der Waals surface area contributed by atoms with E-state index in [9.17, 15) is 9.90 Å². The summed E-state index contributed by atoms with van der Waals surface area (Å²) in [6, 6.07) is 9.06. The van der Waals surface area contributed by atoms with E-state index in [1.807, 2.05) is 26.0 Å². The van der Waals surface area contributed by atoms with Gasteiger partial charge in [-0.05, 0) is 65.5 Å². The molecule has 0 heterocycles. The van der Waals surface area contributed by atoms with Gasteiger partial charge in [0.2, 0.25) is 0 Å². The molecule has 0 spiro atoms. The minimum absolute atomic E-state index is 0.0193. The minimum Gasteiger partial charge on any atom is -0.507 e. The molecule has 4 heteroatoms. The summed E-state index contributed by atoms with van der Waals surface area (Å²) >= 11 is 3.45. The number of halogens is 1. The average Bonchev–Trinajstić information content (AvgIpc) is 2.36. The number of amides is 1. The summed E-state index contributed by atoms with van der Waals surface area (Å²) in [6.07, 6.45) is 0. The zero-order valence-electron chi connectivity index (χ0n) is 11.6. The van der Waals surface area contributed by atoms with Crippen LogP contribution in [0.3, 0.4) is 0 Å². The van der Waals surface area contributed by atoms with E-state index in [0.717, 1.165) is 21.3 Å². The number of hydrogen-bond donors (Lipinski definition) is 2. The molecule has 2 aromatic carbocycles. The first-order valence-electron chi connectivity index (χ1n) is 6.27. The van der Waals surface area contributed by atoms with Gasteiger partial charge >= 0.3 is 0 Å². The van der Waals surface area contributed by atoms with Crippen molar-refractivity contribution in [3.05, 3.63) is 57.1 Å². The molecule has 0 aliphatic carbocycles. The third-order valence-corrected chi connectivity index (χ3v) is 3.78. The van der Waals surface area contributed by atoms with Gasteiger partial charge in [0, 0.05) is 4.47 Å². The number of aromatic hydroxyl groups is 1.